The summed E-state index contributed by atoms with van der Waals surface area (Å²) in [5.41, 5.74) is 9.32. The zero-order valence-electron chi connectivity index (χ0n) is 29.6. The summed E-state index contributed by atoms with van der Waals surface area (Å²) in [5, 5.41) is 16.6. The number of hydrogen-bond acceptors (Lipinski definition) is 13. The van der Waals surface area contributed by atoms with E-state index in [1.165, 1.54) is 48.3 Å². The number of aromatic carboxylic acids is 1. The lowest BCUT2D eigenvalue weighted by Crippen LogP contribution is -2.19. The zero-order valence-corrected chi connectivity index (χ0v) is 31.2. The van der Waals surface area contributed by atoms with Crippen molar-refractivity contribution < 1.29 is 33.8 Å². The first-order valence-electron chi connectivity index (χ1n) is 16.1. The van der Waals surface area contributed by atoms with Crippen LogP contribution in [-0.2, 0) is 0 Å². The van der Waals surface area contributed by atoms with Gasteiger partial charge in [-0.15, -0.1) is 0 Å². The number of carboxylic acids is 1. The number of thiazole rings is 2. The van der Waals surface area contributed by atoms with Crippen molar-refractivity contribution in [2.75, 3.05) is 39.4 Å². The van der Waals surface area contributed by atoms with Crippen LogP contribution in [-0.4, -0.2) is 85.8 Å². The number of carbonyl (C=O) groups is 4. The Bertz CT molecular complexity index is 2680. The van der Waals surface area contributed by atoms with Gasteiger partial charge in [-0.3, -0.25) is 23.2 Å². The minimum atomic E-state index is -1.01. The molecule has 6 heterocycles. The van der Waals surface area contributed by atoms with E-state index in [2.05, 4.69) is 35.9 Å². The van der Waals surface area contributed by atoms with Crippen molar-refractivity contribution in [1.82, 2.24) is 39.4 Å². The summed E-state index contributed by atoms with van der Waals surface area (Å²) in [4.78, 5) is 63.4. The predicted molar refractivity (Wildman–Crippen MR) is 209 cm³/mol. The average molecular weight is 781 g/mol. The highest BCUT2D eigenvalue weighted by Gasteiger charge is 2.16. The maximum Gasteiger partial charge on any atom is 0.356 e. The number of nitrogen functional groups attached to an aromatic ring is 1. The Labute approximate surface area is 319 Å². The minimum Gasteiger partial charge on any atom is -0.497 e. The number of imidazole rings is 2. The molecule has 6 N–H and O–H groups in total. The molecule has 19 heteroatoms. The number of carboxylic acid groups (broad SMARTS) is 1. The van der Waals surface area contributed by atoms with Crippen LogP contribution in [0.2, 0.25) is 0 Å². The molecule has 0 saturated carbocycles. The quantitative estimate of drug-likeness (QED) is 0.146. The lowest BCUT2D eigenvalue weighted by molar-refractivity contribution is 0.0690. The topological polar surface area (TPSA) is 229 Å². The van der Waals surface area contributed by atoms with Crippen LogP contribution in [0, 0.1) is 0 Å². The molecule has 0 radical (unpaired) electrons. The molecular weight excluding hydrogens is 749 g/mol. The monoisotopic (exact) mass is 780 g/mol. The van der Waals surface area contributed by atoms with Crippen LogP contribution >= 0.6 is 22.7 Å². The zero-order chi connectivity index (χ0) is 39.2. The summed E-state index contributed by atoms with van der Waals surface area (Å²) in [6.07, 6.45) is 6.11. The van der Waals surface area contributed by atoms with Gasteiger partial charge in [-0.2, -0.15) is 0 Å². The lowest BCUT2D eigenvalue weighted by Gasteiger charge is -2.04. The third-order valence-corrected chi connectivity index (χ3v) is 9.82. The Morgan fingerprint density at radius 2 is 1.18 bits per heavy atom. The number of nitrogens with two attached hydrogens (primary N) is 1. The van der Waals surface area contributed by atoms with Crippen molar-refractivity contribution in [2.24, 2.45) is 0 Å². The Kier molecular flexibility index (Phi) is 11.1. The third kappa shape index (κ3) is 8.27. The van der Waals surface area contributed by atoms with Gasteiger partial charge in [0.1, 0.15) is 28.6 Å². The normalized spacial score (nSPS) is 10.6. The van der Waals surface area contributed by atoms with Crippen molar-refractivity contribution in [3.05, 3.63) is 108 Å². The molecule has 3 amide bonds. The Balaban J connectivity index is 0.000000156. The number of amides is 3. The van der Waals surface area contributed by atoms with Gasteiger partial charge in [0, 0.05) is 26.5 Å². The number of methoxy groups -OCH3 is 2. The van der Waals surface area contributed by atoms with Crippen LogP contribution in [0.3, 0.4) is 0 Å². The van der Waals surface area contributed by atoms with E-state index in [1.807, 2.05) is 40.8 Å². The van der Waals surface area contributed by atoms with E-state index in [0.29, 0.717) is 27.7 Å². The molecule has 6 aromatic heterocycles. The van der Waals surface area contributed by atoms with Crippen LogP contribution in [0.1, 0.15) is 42.0 Å². The fourth-order valence-corrected chi connectivity index (χ4v) is 7.09. The first-order chi connectivity index (χ1) is 26.5. The molecule has 0 aliphatic rings. The third-order valence-electron chi connectivity index (χ3n) is 7.78. The van der Waals surface area contributed by atoms with Crippen molar-refractivity contribution in [3.63, 3.8) is 0 Å². The molecule has 0 saturated heterocycles. The molecule has 8 aromatic rings. The van der Waals surface area contributed by atoms with E-state index in [9.17, 15) is 19.2 Å². The Hall–Kier alpha value is -7.12. The van der Waals surface area contributed by atoms with E-state index in [4.69, 9.17) is 20.3 Å². The summed E-state index contributed by atoms with van der Waals surface area (Å²) in [5.74, 6) is -0.293. The summed E-state index contributed by atoms with van der Waals surface area (Å²) in [7, 11) is 6.32. The second-order valence-corrected chi connectivity index (χ2v) is 13.3. The molecule has 2 aromatic carbocycles. The van der Waals surface area contributed by atoms with Crippen molar-refractivity contribution in [3.8, 4) is 11.5 Å². The molecule has 55 heavy (non-hydrogen) atoms. The fraction of sp³-hybridized carbons (Fsp3) is 0.111. The maximum atomic E-state index is 12.5. The highest BCUT2D eigenvalue weighted by molar-refractivity contribution is 7.24. The summed E-state index contributed by atoms with van der Waals surface area (Å²) >= 11 is 2.92. The first kappa shape index (κ1) is 37.6. The molecule has 0 bridgehead atoms. The Morgan fingerprint density at radius 1 is 0.673 bits per heavy atom. The number of nitrogens with one attached hydrogen (secondary N) is 3. The van der Waals surface area contributed by atoms with Gasteiger partial charge in [-0.1, -0.05) is 22.7 Å². The van der Waals surface area contributed by atoms with Gasteiger partial charge in [-0.05, 0) is 60.7 Å². The minimum absolute atomic E-state index is 0.0639. The van der Waals surface area contributed by atoms with Gasteiger partial charge in [-0.25, -0.2) is 24.7 Å². The standard InChI is InChI=1S/C18H15N5O3S.C11H8N2O3S.C7H9N3O/c1-19-16(24)12-5-3-10(8-20-12)21-17(25)13-9-23-14-6-4-11(26-2)7-15(14)27-18(23)22-13;1-16-6-2-3-8-9(4-6)17-11-12-7(10(14)15)5-13(8)11;1-9-7(11)6-3-2-5(8)4-10-6/h3-9H,1-2H3,(H,19,24)(H,21,25);2-5H,1H3,(H,14,15);2-4H,8H2,1H3,(H,9,11). The number of rotatable bonds is 7. The van der Waals surface area contributed by atoms with Crippen LogP contribution in [0.25, 0.3) is 30.4 Å². The van der Waals surface area contributed by atoms with Crippen LogP contribution < -0.4 is 31.2 Å². The molecule has 0 fully saturated rings. The molecule has 280 valence electrons. The second-order valence-electron chi connectivity index (χ2n) is 11.3. The second kappa shape index (κ2) is 16.3. The number of anilines is 2. The predicted octanol–water partition coefficient (Wildman–Crippen LogP) is 4.84. The maximum absolute atomic E-state index is 12.5. The van der Waals surface area contributed by atoms with Crippen molar-refractivity contribution in [2.45, 2.75) is 0 Å². The molecule has 0 aliphatic carbocycles. The van der Waals surface area contributed by atoms with Gasteiger partial charge >= 0.3 is 5.97 Å². The highest BCUT2D eigenvalue weighted by Crippen LogP contribution is 2.31. The van der Waals surface area contributed by atoms with E-state index < -0.39 is 5.97 Å². The van der Waals surface area contributed by atoms with E-state index in [1.54, 1.807) is 56.1 Å². The molecular formula is C36H32N10O7S2. The largest absolute Gasteiger partial charge is 0.497 e. The van der Waals surface area contributed by atoms with E-state index >= 15 is 0 Å². The molecule has 0 spiro atoms. The average Bonchev–Trinajstić information content (AvgIpc) is 3.97. The first-order valence-corrected chi connectivity index (χ1v) is 17.7. The number of hydrogen-bond donors (Lipinski definition) is 5. The number of fused-ring (bicyclic) bond motifs is 6. The summed E-state index contributed by atoms with van der Waals surface area (Å²) in [6, 6.07) is 17.8. The van der Waals surface area contributed by atoms with Gasteiger partial charge in [0.2, 0.25) is 0 Å². The lowest BCUT2D eigenvalue weighted by atomic mass is 10.3. The van der Waals surface area contributed by atoms with Gasteiger partial charge in [0.15, 0.2) is 15.6 Å². The molecule has 0 aliphatic heterocycles. The fourth-order valence-electron chi connectivity index (χ4n) is 5.02. The summed E-state index contributed by atoms with van der Waals surface area (Å²) in [6.45, 7) is 0. The van der Waals surface area contributed by atoms with Gasteiger partial charge in [0.05, 0.1) is 58.4 Å². The molecule has 0 unspecified atom stereocenters. The number of ether oxygens (including phenoxy) is 2. The van der Waals surface area contributed by atoms with Gasteiger partial charge < -0.3 is 36.3 Å². The van der Waals surface area contributed by atoms with E-state index in [0.717, 1.165) is 36.9 Å². The number of carbonyl (C=O) groups excluding carboxylic acids is 3. The van der Waals surface area contributed by atoms with Crippen LogP contribution in [0.15, 0.2) is 85.5 Å². The number of benzene rings is 2. The van der Waals surface area contributed by atoms with Gasteiger partial charge in [0.25, 0.3) is 17.7 Å². The molecule has 0 atom stereocenters. The van der Waals surface area contributed by atoms with Crippen LogP contribution in [0.4, 0.5) is 11.4 Å². The number of aromatic nitrogens is 6. The summed E-state index contributed by atoms with van der Waals surface area (Å²) < 4.78 is 16.1. The van der Waals surface area contributed by atoms with Crippen LogP contribution in [0.5, 0.6) is 11.5 Å². The molecule has 17 nitrogen and oxygen atoms in total. The van der Waals surface area contributed by atoms with E-state index in [-0.39, 0.29) is 29.1 Å². The Morgan fingerprint density at radius 3 is 1.64 bits per heavy atom. The number of pyridine rings is 2. The van der Waals surface area contributed by atoms with Crippen molar-refractivity contribution >= 4 is 88.1 Å². The SMILES string of the molecule is CNC(=O)c1ccc(N)cn1.CNC(=O)c1ccc(NC(=O)c2cn3c(n2)sc2cc(OC)ccc23)cn1.COc1ccc2c(c1)sc1nc(C(=O)O)cn12. The smallest absolute Gasteiger partial charge is 0.356 e. The number of nitrogens with zero attached hydrogens (tertiary/aromatic N) is 6. The van der Waals surface area contributed by atoms with Crippen molar-refractivity contribution in [1.29, 1.82) is 0 Å². The molecule has 8 rings (SSSR count). The highest BCUT2D eigenvalue weighted by atomic mass is 32.1.